The van der Waals surface area contributed by atoms with E-state index in [2.05, 4.69) is 41.4 Å². The van der Waals surface area contributed by atoms with Crippen LogP contribution in [0.15, 0.2) is 24.3 Å². The third kappa shape index (κ3) is 2.46. The first-order valence-corrected chi connectivity index (χ1v) is 7.40. The van der Waals surface area contributed by atoms with Gasteiger partial charge >= 0.3 is 0 Å². The van der Waals surface area contributed by atoms with Crippen LogP contribution in [-0.2, 0) is 4.79 Å². The molecule has 1 aromatic carbocycles. The van der Waals surface area contributed by atoms with Crippen molar-refractivity contribution in [1.29, 1.82) is 0 Å². The van der Waals surface area contributed by atoms with Gasteiger partial charge in [-0.3, -0.25) is 4.79 Å². The number of carbonyl (C=O) groups is 1. The molecule has 0 bridgehead atoms. The largest absolute Gasteiger partial charge is 0.382 e. The van der Waals surface area contributed by atoms with E-state index in [9.17, 15) is 4.79 Å². The van der Waals surface area contributed by atoms with Crippen molar-refractivity contribution in [1.82, 2.24) is 4.90 Å². The lowest BCUT2D eigenvalue weighted by atomic mass is 9.92. The lowest BCUT2D eigenvalue weighted by Crippen LogP contribution is -2.39. The standard InChI is InChI=1S/C16H22N2O/c1-12-11-15(13-7-4-5-8-14(13)17-12)18-10-6-2-3-9-16(18)19/h4-5,7-8,12,15,17H,2-3,6,9-11H2,1H3/t12-,15+/m0/s1. The molecule has 1 aromatic rings. The fourth-order valence-corrected chi connectivity index (χ4v) is 3.33. The van der Waals surface area contributed by atoms with Crippen molar-refractivity contribution in [2.75, 3.05) is 11.9 Å². The molecule has 2 heterocycles. The van der Waals surface area contributed by atoms with E-state index < -0.39 is 0 Å². The molecule has 1 N–H and O–H groups in total. The van der Waals surface area contributed by atoms with Gasteiger partial charge in [0.2, 0.25) is 5.91 Å². The topological polar surface area (TPSA) is 32.3 Å². The summed E-state index contributed by atoms with van der Waals surface area (Å²) in [6.45, 7) is 3.12. The Hall–Kier alpha value is -1.51. The van der Waals surface area contributed by atoms with Gasteiger partial charge in [-0.05, 0) is 37.8 Å². The Labute approximate surface area is 115 Å². The third-order valence-electron chi connectivity index (χ3n) is 4.28. The van der Waals surface area contributed by atoms with Gasteiger partial charge in [-0.2, -0.15) is 0 Å². The van der Waals surface area contributed by atoms with E-state index in [1.165, 1.54) is 17.7 Å². The van der Waals surface area contributed by atoms with E-state index in [4.69, 9.17) is 0 Å². The molecule has 19 heavy (non-hydrogen) atoms. The third-order valence-corrected chi connectivity index (χ3v) is 4.28. The summed E-state index contributed by atoms with van der Waals surface area (Å²) in [5.41, 5.74) is 2.49. The van der Waals surface area contributed by atoms with Crippen LogP contribution in [0.2, 0.25) is 0 Å². The summed E-state index contributed by atoms with van der Waals surface area (Å²) in [7, 11) is 0. The molecule has 3 nitrogen and oxygen atoms in total. The maximum absolute atomic E-state index is 12.3. The fraction of sp³-hybridized carbons (Fsp3) is 0.562. The summed E-state index contributed by atoms with van der Waals surface area (Å²) < 4.78 is 0. The Balaban J connectivity index is 1.93. The first-order chi connectivity index (χ1) is 9.25. The Morgan fingerprint density at radius 2 is 2.05 bits per heavy atom. The van der Waals surface area contributed by atoms with Gasteiger partial charge in [-0.15, -0.1) is 0 Å². The second kappa shape index (κ2) is 5.24. The zero-order chi connectivity index (χ0) is 13.2. The monoisotopic (exact) mass is 258 g/mol. The van der Waals surface area contributed by atoms with Crippen LogP contribution in [0.4, 0.5) is 5.69 Å². The van der Waals surface area contributed by atoms with E-state index in [0.29, 0.717) is 11.9 Å². The number of benzene rings is 1. The summed E-state index contributed by atoms with van der Waals surface area (Å²) in [6, 6.07) is 9.11. The van der Waals surface area contributed by atoms with Gasteiger partial charge in [0.25, 0.3) is 0 Å². The van der Waals surface area contributed by atoms with Crippen LogP contribution >= 0.6 is 0 Å². The minimum Gasteiger partial charge on any atom is -0.382 e. The van der Waals surface area contributed by atoms with Gasteiger partial charge in [0, 0.05) is 24.7 Å². The number of rotatable bonds is 1. The van der Waals surface area contributed by atoms with Crippen LogP contribution in [0, 0.1) is 0 Å². The van der Waals surface area contributed by atoms with Crippen molar-refractivity contribution in [3.63, 3.8) is 0 Å². The van der Waals surface area contributed by atoms with Crippen LogP contribution in [0.25, 0.3) is 0 Å². The number of carbonyl (C=O) groups excluding carboxylic acids is 1. The van der Waals surface area contributed by atoms with Crippen LogP contribution < -0.4 is 5.32 Å². The molecule has 0 saturated carbocycles. The second-order valence-corrected chi connectivity index (χ2v) is 5.78. The fourth-order valence-electron chi connectivity index (χ4n) is 3.33. The SMILES string of the molecule is C[C@H]1C[C@@H](N2CCCCCC2=O)c2ccccc2N1. The molecule has 2 aliphatic rings. The van der Waals surface area contributed by atoms with Crippen molar-refractivity contribution < 1.29 is 4.79 Å². The molecule has 0 radical (unpaired) electrons. The first-order valence-electron chi connectivity index (χ1n) is 7.40. The number of fused-ring (bicyclic) bond motifs is 1. The van der Waals surface area contributed by atoms with Crippen molar-refractivity contribution in [2.45, 2.75) is 51.1 Å². The average Bonchev–Trinajstić information content (AvgIpc) is 2.62. The molecule has 1 amide bonds. The molecule has 3 heteroatoms. The Bertz CT molecular complexity index is 472. The number of likely N-dealkylation sites (tertiary alicyclic amines) is 1. The molecule has 102 valence electrons. The second-order valence-electron chi connectivity index (χ2n) is 5.78. The highest BCUT2D eigenvalue weighted by Gasteiger charge is 2.31. The van der Waals surface area contributed by atoms with Gasteiger partial charge in [-0.1, -0.05) is 24.6 Å². The first kappa shape index (κ1) is 12.5. The van der Waals surface area contributed by atoms with Crippen molar-refractivity contribution in [3.05, 3.63) is 29.8 Å². The summed E-state index contributed by atoms with van der Waals surface area (Å²) in [5, 5.41) is 3.52. The van der Waals surface area contributed by atoms with Gasteiger partial charge < -0.3 is 10.2 Å². The van der Waals surface area contributed by atoms with Gasteiger partial charge in [0.05, 0.1) is 6.04 Å². The average molecular weight is 258 g/mol. The molecule has 0 spiro atoms. The van der Waals surface area contributed by atoms with E-state index >= 15 is 0 Å². The van der Waals surface area contributed by atoms with Crippen molar-refractivity contribution >= 4 is 11.6 Å². The number of hydrogen-bond acceptors (Lipinski definition) is 2. The summed E-state index contributed by atoms with van der Waals surface area (Å²) >= 11 is 0. The maximum atomic E-state index is 12.3. The number of hydrogen-bond donors (Lipinski definition) is 1. The molecule has 0 aliphatic carbocycles. The molecule has 1 saturated heterocycles. The minimum atomic E-state index is 0.262. The molecule has 2 atom stereocenters. The van der Waals surface area contributed by atoms with Crippen molar-refractivity contribution in [3.8, 4) is 0 Å². The number of amides is 1. The number of para-hydroxylation sites is 1. The molecule has 0 aromatic heterocycles. The summed E-state index contributed by atoms with van der Waals surface area (Å²) in [6.07, 6.45) is 5.12. The number of nitrogens with one attached hydrogen (secondary N) is 1. The van der Waals surface area contributed by atoms with E-state index in [-0.39, 0.29) is 6.04 Å². The van der Waals surface area contributed by atoms with E-state index in [1.54, 1.807) is 0 Å². The lowest BCUT2D eigenvalue weighted by Gasteiger charge is -2.38. The lowest BCUT2D eigenvalue weighted by molar-refractivity contribution is -0.133. The Kier molecular flexibility index (Phi) is 3.45. The van der Waals surface area contributed by atoms with Crippen LogP contribution in [0.3, 0.4) is 0 Å². The molecule has 2 aliphatic heterocycles. The normalized spacial score (nSPS) is 27.4. The predicted octanol–water partition coefficient (Wildman–Crippen LogP) is 3.33. The van der Waals surface area contributed by atoms with E-state index in [0.717, 1.165) is 32.2 Å². The van der Waals surface area contributed by atoms with E-state index in [1.807, 2.05) is 0 Å². The number of anilines is 1. The summed E-state index contributed by atoms with van der Waals surface area (Å²) in [4.78, 5) is 14.5. The Morgan fingerprint density at radius 1 is 1.21 bits per heavy atom. The summed E-state index contributed by atoms with van der Waals surface area (Å²) in [5.74, 6) is 0.339. The minimum absolute atomic E-state index is 0.262. The van der Waals surface area contributed by atoms with Crippen molar-refractivity contribution in [2.24, 2.45) is 0 Å². The molecular formula is C16H22N2O. The van der Waals surface area contributed by atoms with Crippen LogP contribution in [0.1, 0.15) is 50.6 Å². The quantitative estimate of drug-likeness (QED) is 0.838. The Morgan fingerprint density at radius 3 is 2.95 bits per heavy atom. The highest BCUT2D eigenvalue weighted by atomic mass is 16.2. The van der Waals surface area contributed by atoms with Gasteiger partial charge in [-0.25, -0.2) is 0 Å². The van der Waals surface area contributed by atoms with Gasteiger partial charge in [0.1, 0.15) is 0 Å². The van der Waals surface area contributed by atoms with Crippen LogP contribution in [-0.4, -0.2) is 23.4 Å². The highest BCUT2D eigenvalue weighted by Crippen LogP contribution is 2.37. The molecule has 3 rings (SSSR count). The smallest absolute Gasteiger partial charge is 0.223 e. The number of nitrogens with zero attached hydrogens (tertiary/aromatic N) is 1. The molecule has 1 fully saturated rings. The zero-order valence-corrected chi connectivity index (χ0v) is 11.6. The molecular weight excluding hydrogens is 236 g/mol. The highest BCUT2D eigenvalue weighted by molar-refractivity contribution is 5.77. The maximum Gasteiger partial charge on any atom is 0.223 e. The predicted molar refractivity (Wildman–Crippen MR) is 77.1 cm³/mol. The zero-order valence-electron chi connectivity index (χ0n) is 11.6. The molecule has 0 unspecified atom stereocenters. The van der Waals surface area contributed by atoms with Gasteiger partial charge in [0.15, 0.2) is 0 Å². The van der Waals surface area contributed by atoms with Crippen LogP contribution in [0.5, 0.6) is 0 Å².